The average molecular weight is 367 g/mol. The average Bonchev–Trinajstić information content (AvgIpc) is 3.20. The van der Waals surface area contributed by atoms with Crippen molar-refractivity contribution in [3.05, 3.63) is 59.7 Å². The summed E-state index contributed by atoms with van der Waals surface area (Å²) in [6.07, 6.45) is 0. The van der Waals surface area contributed by atoms with Gasteiger partial charge in [-0.2, -0.15) is 0 Å². The lowest BCUT2D eigenvalue weighted by Gasteiger charge is -2.38. The summed E-state index contributed by atoms with van der Waals surface area (Å²) in [6, 6.07) is 16.6. The maximum absolute atomic E-state index is 12.5. The monoisotopic (exact) mass is 367 g/mol. The summed E-state index contributed by atoms with van der Waals surface area (Å²) in [5.74, 6) is 1.50. The van der Waals surface area contributed by atoms with Gasteiger partial charge in [-0.25, -0.2) is 4.79 Å². The van der Waals surface area contributed by atoms with E-state index in [0.29, 0.717) is 12.6 Å². The van der Waals surface area contributed by atoms with Crippen molar-refractivity contribution in [1.29, 1.82) is 0 Å². The van der Waals surface area contributed by atoms with Crippen LogP contribution in [0.1, 0.15) is 24.1 Å². The zero-order valence-corrected chi connectivity index (χ0v) is 15.6. The van der Waals surface area contributed by atoms with Gasteiger partial charge in [0, 0.05) is 38.8 Å². The number of hydrogen-bond donors (Lipinski definition) is 1. The van der Waals surface area contributed by atoms with Crippen LogP contribution in [0.15, 0.2) is 48.5 Å². The predicted octanol–water partition coefficient (Wildman–Crippen LogP) is 3.00. The fraction of sp³-hybridized carbons (Fsp3) is 0.381. The predicted molar refractivity (Wildman–Crippen MR) is 103 cm³/mol. The van der Waals surface area contributed by atoms with Gasteiger partial charge < -0.3 is 19.7 Å². The maximum atomic E-state index is 12.5. The smallest absolute Gasteiger partial charge is 0.317 e. The highest BCUT2D eigenvalue weighted by molar-refractivity contribution is 5.74. The summed E-state index contributed by atoms with van der Waals surface area (Å²) in [5.41, 5.74) is 2.32. The van der Waals surface area contributed by atoms with E-state index in [0.717, 1.165) is 43.2 Å². The molecule has 0 radical (unpaired) electrons. The van der Waals surface area contributed by atoms with Crippen molar-refractivity contribution >= 4 is 6.03 Å². The van der Waals surface area contributed by atoms with Crippen molar-refractivity contribution in [3.63, 3.8) is 0 Å². The zero-order valence-electron chi connectivity index (χ0n) is 15.6. The first-order chi connectivity index (χ1) is 13.2. The Morgan fingerprint density at radius 2 is 1.78 bits per heavy atom. The van der Waals surface area contributed by atoms with Gasteiger partial charge in [-0.1, -0.05) is 36.4 Å². The molecule has 2 aliphatic heterocycles. The van der Waals surface area contributed by atoms with E-state index in [4.69, 9.17) is 9.47 Å². The lowest BCUT2D eigenvalue weighted by molar-refractivity contribution is 0.114. The van der Waals surface area contributed by atoms with Crippen LogP contribution in [0.3, 0.4) is 0 Å². The van der Waals surface area contributed by atoms with Crippen molar-refractivity contribution in [2.45, 2.75) is 19.5 Å². The molecular formula is C21H25N3O3. The Bertz CT molecular complexity index is 789. The summed E-state index contributed by atoms with van der Waals surface area (Å²) in [4.78, 5) is 16.8. The SMILES string of the molecule is CC(c1ccccc1)N1CCN(C(=O)NCc2ccc3c(c2)OCO3)CC1. The Morgan fingerprint density at radius 1 is 1.04 bits per heavy atom. The van der Waals surface area contributed by atoms with Gasteiger partial charge in [0.2, 0.25) is 6.79 Å². The third kappa shape index (κ3) is 4.01. The number of nitrogens with zero attached hydrogens (tertiary/aromatic N) is 2. The molecule has 2 heterocycles. The molecule has 1 saturated heterocycles. The molecule has 1 N–H and O–H groups in total. The van der Waals surface area contributed by atoms with Crippen LogP contribution in [0.2, 0.25) is 0 Å². The lowest BCUT2D eigenvalue weighted by Crippen LogP contribution is -2.52. The third-order valence-electron chi connectivity index (χ3n) is 5.31. The fourth-order valence-electron chi connectivity index (χ4n) is 3.60. The molecule has 0 aromatic heterocycles. The van der Waals surface area contributed by atoms with Crippen LogP contribution in [0.25, 0.3) is 0 Å². The molecule has 0 aliphatic carbocycles. The molecule has 1 fully saturated rings. The van der Waals surface area contributed by atoms with Crippen LogP contribution >= 0.6 is 0 Å². The van der Waals surface area contributed by atoms with Gasteiger partial charge in [0.25, 0.3) is 0 Å². The molecule has 2 aromatic rings. The number of carbonyl (C=O) groups is 1. The molecule has 1 atom stereocenters. The highest BCUT2D eigenvalue weighted by Gasteiger charge is 2.24. The van der Waals surface area contributed by atoms with E-state index in [2.05, 4.69) is 41.4 Å². The molecule has 2 aliphatic rings. The van der Waals surface area contributed by atoms with Crippen LogP contribution in [-0.4, -0.2) is 48.8 Å². The molecule has 1 unspecified atom stereocenters. The van der Waals surface area contributed by atoms with Gasteiger partial charge in [-0.15, -0.1) is 0 Å². The summed E-state index contributed by atoms with van der Waals surface area (Å²) < 4.78 is 10.7. The van der Waals surface area contributed by atoms with E-state index in [1.54, 1.807) is 0 Å². The van der Waals surface area contributed by atoms with Crippen molar-refractivity contribution in [3.8, 4) is 11.5 Å². The highest BCUT2D eigenvalue weighted by atomic mass is 16.7. The number of nitrogens with one attached hydrogen (secondary N) is 1. The molecule has 6 heteroatoms. The molecule has 0 spiro atoms. The lowest BCUT2D eigenvalue weighted by atomic mass is 10.1. The summed E-state index contributed by atoms with van der Waals surface area (Å²) in [7, 11) is 0. The number of carbonyl (C=O) groups excluding carboxylic acids is 1. The van der Waals surface area contributed by atoms with E-state index < -0.39 is 0 Å². The molecule has 142 valence electrons. The van der Waals surface area contributed by atoms with E-state index in [1.165, 1.54) is 5.56 Å². The molecule has 2 amide bonds. The second kappa shape index (κ2) is 7.88. The third-order valence-corrected chi connectivity index (χ3v) is 5.31. The quantitative estimate of drug-likeness (QED) is 0.903. The minimum absolute atomic E-state index is 0.0142. The number of urea groups is 1. The number of fused-ring (bicyclic) bond motifs is 1. The molecule has 0 bridgehead atoms. The van der Waals surface area contributed by atoms with Crippen LogP contribution in [0.5, 0.6) is 11.5 Å². The highest BCUT2D eigenvalue weighted by Crippen LogP contribution is 2.32. The topological polar surface area (TPSA) is 54.0 Å². The first-order valence-corrected chi connectivity index (χ1v) is 9.41. The standard InChI is InChI=1S/C21H25N3O3/c1-16(18-5-3-2-4-6-18)23-9-11-24(12-10-23)21(25)22-14-17-7-8-19-20(13-17)27-15-26-19/h2-8,13,16H,9-12,14-15H2,1H3,(H,22,25). The number of amides is 2. The number of hydrogen-bond acceptors (Lipinski definition) is 4. The van der Waals surface area contributed by atoms with E-state index >= 15 is 0 Å². The molecule has 2 aromatic carbocycles. The van der Waals surface area contributed by atoms with Crippen molar-refractivity contribution in [2.24, 2.45) is 0 Å². The Hall–Kier alpha value is -2.73. The Labute approximate surface area is 159 Å². The summed E-state index contributed by atoms with van der Waals surface area (Å²) >= 11 is 0. The normalized spacial score (nSPS) is 17.6. The van der Waals surface area contributed by atoms with Crippen LogP contribution in [-0.2, 0) is 6.54 Å². The van der Waals surface area contributed by atoms with Crippen molar-refractivity contribution < 1.29 is 14.3 Å². The van der Waals surface area contributed by atoms with Crippen LogP contribution in [0.4, 0.5) is 4.79 Å². The Kier molecular flexibility index (Phi) is 5.16. The van der Waals surface area contributed by atoms with Crippen LogP contribution in [0, 0.1) is 0 Å². The van der Waals surface area contributed by atoms with E-state index in [1.807, 2.05) is 29.2 Å². The van der Waals surface area contributed by atoms with Gasteiger partial charge in [0.1, 0.15) is 0 Å². The van der Waals surface area contributed by atoms with E-state index in [9.17, 15) is 4.79 Å². The zero-order chi connectivity index (χ0) is 18.6. The van der Waals surface area contributed by atoms with Gasteiger partial charge in [-0.3, -0.25) is 4.90 Å². The van der Waals surface area contributed by atoms with Crippen LogP contribution < -0.4 is 14.8 Å². The number of ether oxygens (including phenoxy) is 2. The Morgan fingerprint density at radius 3 is 2.56 bits per heavy atom. The van der Waals surface area contributed by atoms with Gasteiger partial charge >= 0.3 is 6.03 Å². The largest absolute Gasteiger partial charge is 0.454 e. The second-order valence-corrected chi connectivity index (χ2v) is 6.96. The molecule has 4 rings (SSSR count). The molecular weight excluding hydrogens is 342 g/mol. The summed E-state index contributed by atoms with van der Waals surface area (Å²) in [5, 5.41) is 3.01. The minimum Gasteiger partial charge on any atom is -0.454 e. The first-order valence-electron chi connectivity index (χ1n) is 9.41. The van der Waals surface area contributed by atoms with Crippen molar-refractivity contribution in [1.82, 2.24) is 15.1 Å². The van der Waals surface area contributed by atoms with E-state index in [-0.39, 0.29) is 12.8 Å². The van der Waals surface area contributed by atoms with Gasteiger partial charge in [0.05, 0.1) is 0 Å². The minimum atomic E-state index is -0.0142. The Balaban J connectivity index is 1.26. The first kappa shape index (κ1) is 17.7. The number of rotatable bonds is 4. The number of piperazine rings is 1. The maximum Gasteiger partial charge on any atom is 0.317 e. The number of benzene rings is 2. The van der Waals surface area contributed by atoms with Crippen molar-refractivity contribution in [2.75, 3.05) is 33.0 Å². The molecule has 27 heavy (non-hydrogen) atoms. The van der Waals surface area contributed by atoms with Gasteiger partial charge in [0.15, 0.2) is 11.5 Å². The molecule has 0 saturated carbocycles. The summed E-state index contributed by atoms with van der Waals surface area (Å²) in [6.45, 7) is 6.22. The fourth-order valence-corrected chi connectivity index (χ4v) is 3.60. The molecule has 6 nitrogen and oxygen atoms in total. The second-order valence-electron chi connectivity index (χ2n) is 6.96. The van der Waals surface area contributed by atoms with Gasteiger partial charge in [-0.05, 0) is 30.2 Å².